The average Bonchev–Trinajstić information content (AvgIpc) is 3.23. The van der Waals surface area contributed by atoms with Crippen molar-refractivity contribution in [1.29, 1.82) is 0 Å². The van der Waals surface area contributed by atoms with Crippen LogP contribution < -0.4 is 5.32 Å². The standard InChI is InChI=1S/C21H28N2O2/c24-11-10-20(21-7-4-12-25-21)22-17-13-18-8-9-19(14-17)23(18)15-16-5-2-1-3-6-16/h1-7,12,17-20,22,24H,8-11,13-15H2/t17?,18-,19+,20-/m0/s1. The fraction of sp³-hybridized carbons (Fsp3) is 0.524. The van der Waals surface area contributed by atoms with Gasteiger partial charge in [0, 0.05) is 31.3 Å². The van der Waals surface area contributed by atoms with Crippen molar-refractivity contribution >= 4 is 0 Å². The minimum Gasteiger partial charge on any atom is -0.468 e. The van der Waals surface area contributed by atoms with E-state index in [1.165, 1.54) is 31.2 Å². The molecule has 2 bridgehead atoms. The van der Waals surface area contributed by atoms with Gasteiger partial charge in [-0.05, 0) is 49.8 Å². The number of benzene rings is 1. The molecule has 4 heteroatoms. The summed E-state index contributed by atoms with van der Waals surface area (Å²) in [7, 11) is 0. The number of hydrogen-bond donors (Lipinski definition) is 2. The van der Waals surface area contributed by atoms with Crippen LogP contribution in [0, 0.1) is 0 Å². The number of hydrogen-bond acceptors (Lipinski definition) is 4. The Kier molecular flexibility index (Phi) is 5.20. The number of rotatable bonds is 7. The molecule has 1 aromatic heterocycles. The van der Waals surface area contributed by atoms with Crippen LogP contribution in [0.1, 0.15) is 49.5 Å². The van der Waals surface area contributed by atoms with Gasteiger partial charge in [-0.3, -0.25) is 4.90 Å². The van der Waals surface area contributed by atoms with Gasteiger partial charge in [0.05, 0.1) is 12.3 Å². The van der Waals surface area contributed by atoms with Crippen LogP contribution in [0.5, 0.6) is 0 Å². The number of aliphatic hydroxyl groups excluding tert-OH is 1. The normalized spacial score (nSPS) is 27.5. The van der Waals surface area contributed by atoms with Crippen LogP contribution in [-0.4, -0.2) is 34.7 Å². The van der Waals surface area contributed by atoms with Gasteiger partial charge in [-0.1, -0.05) is 30.3 Å². The van der Waals surface area contributed by atoms with E-state index in [0.717, 1.165) is 12.3 Å². The molecule has 4 nitrogen and oxygen atoms in total. The first kappa shape index (κ1) is 16.8. The summed E-state index contributed by atoms with van der Waals surface area (Å²) < 4.78 is 5.58. The molecule has 2 N–H and O–H groups in total. The summed E-state index contributed by atoms with van der Waals surface area (Å²) in [5.74, 6) is 0.938. The molecule has 4 atom stereocenters. The first-order valence-electron chi connectivity index (χ1n) is 9.53. The van der Waals surface area contributed by atoms with Crippen molar-refractivity contribution in [2.75, 3.05) is 6.61 Å². The van der Waals surface area contributed by atoms with Crippen LogP contribution in [-0.2, 0) is 6.54 Å². The molecule has 4 rings (SSSR count). The monoisotopic (exact) mass is 340 g/mol. The van der Waals surface area contributed by atoms with Crippen molar-refractivity contribution in [2.45, 2.75) is 62.8 Å². The Labute approximate surface area is 149 Å². The first-order chi connectivity index (χ1) is 12.3. The Morgan fingerprint density at radius 2 is 1.84 bits per heavy atom. The minimum atomic E-state index is 0.116. The summed E-state index contributed by atoms with van der Waals surface area (Å²) in [6, 6.07) is 16.7. The fourth-order valence-corrected chi connectivity index (χ4v) is 4.67. The molecule has 2 fully saturated rings. The Morgan fingerprint density at radius 3 is 2.48 bits per heavy atom. The average molecular weight is 340 g/mol. The lowest BCUT2D eigenvalue weighted by molar-refractivity contribution is 0.101. The molecule has 0 aliphatic carbocycles. The number of piperidine rings is 1. The molecule has 3 heterocycles. The predicted octanol–water partition coefficient (Wildman–Crippen LogP) is 3.49. The van der Waals surface area contributed by atoms with Crippen LogP contribution in [0.4, 0.5) is 0 Å². The maximum atomic E-state index is 9.40. The molecular weight excluding hydrogens is 312 g/mol. The van der Waals surface area contributed by atoms with E-state index in [9.17, 15) is 5.11 Å². The highest BCUT2D eigenvalue weighted by Crippen LogP contribution is 2.37. The SMILES string of the molecule is OCC[C@H](NC1C[C@H]2CC[C@@H](C1)N2Cc1ccccc1)c1ccco1. The Bertz CT molecular complexity index is 629. The predicted molar refractivity (Wildman–Crippen MR) is 98.1 cm³/mol. The number of aliphatic hydroxyl groups is 1. The van der Waals surface area contributed by atoms with Gasteiger partial charge in [0.15, 0.2) is 0 Å². The Balaban J connectivity index is 1.39. The molecule has 1 aromatic carbocycles. The Morgan fingerprint density at radius 1 is 1.08 bits per heavy atom. The zero-order valence-corrected chi connectivity index (χ0v) is 14.7. The lowest BCUT2D eigenvalue weighted by Crippen LogP contribution is -2.49. The summed E-state index contributed by atoms with van der Waals surface area (Å²) in [6.07, 6.45) is 7.40. The zero-order valence-electron chi connectivity index (χ0n) is 14.7. The van der Waals surface area contributed by atoms with Crippen molar-refractivity contribution < 1.29 is 9.52 Å². The first-order valence-corrected chi connectivity index (χ1v) is 9.53. The molecule has 2 aromatic rings. The van der Waals surface area contributed by atoms with E-state index in [1.807, 2.05) is 12.1 Å². The van der Waals surface area contributed by atoms with Crippen LogP contribution >= 0.6 is 0 Å². The van der Waals surface area contributed by atoms with Crippen molar-refractivity contribution in [3.8, 4) is 0 Å². The minimum absolute atomic E-state index is 0.116. The smallest absolute Gasteiger partial charge is 0.120 e. The molecular formula is C21H28N2O2. The quantitative estimate of drug-likeness (QED) is 0.810. The van der Waals surface area contributed by atoms with Crippen molar-refractivity contribution in [1.82, 2.24) is 10.2 Å². The molecule has 0 radical (unpaired) electrons. The second-order valence-electron chi connectivity index (χ2n) is 7.46. The molecule has 0 saturated carbocycles. The third-order valence-corrected chi connectivity index (χ3v) is 5.83. The second kappa shape index (κ2) is 7.73. The van der Waals surface area contributed by atoms with Gasteiger partial charge in [0.1, 0.15) is 5.76 Å². The molecule has 0 amide bonds. The van der Waals surface area contributed by atoms with Gasteiger partial charge in [0.2, 0.25) is 0 Å². The van der Waals surface area contributed by atoms with E-state index in [0.29, 0.717) is 24.5 Å². The highest BCUT2D eigenvalue weighted by atomic mass is 16.3. The van der Waals surface area contributed by atoms with Gasteiger partial charge < -0.3 is 14.8 Å². The largest absolute Gasteiger partial charge is 0.468 e. The summed E-state index contributed by atoms with van der Waals surface area (Å²) >= 11 is 0. The molecule has 1 unspecified atom stereocenters. The molecule has 25 heavy (non-hydrogen) atoms. The van der Waals surface area contributed by atoms with Gasteiger partial charge in [-0.2, -0.15) is 0 Å². The van der Waals surface area contributed by atoms with E-state index in [2.05, 4.69) is 40.5 Å². The molecule has 2 saturated heterocycles. The van der Waals surface area contributed by atoms with E-state index < -0.39 is 0 Å². The summed E-state index contributed by atoms with van der Waals surface area (Å²) in [6.45, 7) is 1.25. The Hall–Kier alpha value is -1.62. The van der Waals surface area contributed by atoms with E-state index in [4.69, 9.17) is 4.42 Å². The highest BCUT2D eigenvalue weighted by molar-refractivity contribution is 5.16. The second-order valence-corrected chi connectivity index (χ2v) is 7.46. The zero-order chi connectivity index (χ0) is 17.1. The number of nitrogens with zero attached hydrogens (tertiary/aromatic N) is 1. The molecule has 134 valence electrons. The van der Waals surface area contributed by atoms with Crippen molar-refractivity contribution in [3.05, 3.63) is 60.1 Å². The maximum absolute atomic E-state index is 9.40. The van der Waals surface area contributed by atoms with Crippen LogP contribution in [0.25, 0.3) is 0 Å². The summed E-state index contributed by atoms with van der Waals surface area (Å²) in [4.78, 5) is 2.71. The number of nitrogens with one attached hydrogen (secondary N) is 1. The lowest BCUT2D eigenvalue weighted by Gasteiger charge is -2.40. The van der Waals surface area contributed by atoms with Gasteiger partial charge in [0.25, 0.3) is 0 Å². The third-order valence-electron chi connectivity index (χ3n) is 5.83. The summed E-state index contributed by atoms with van der Waals surface area (Å²) in [5, 5.41) is 13.2. The molecule has 0 spiro atoms. The van der Waals surface area contributed by atoms with Crippen LogP contribution in [0.15, 0.2) is 53.1 Å². The van der Waals surface area contributed by atoms with E-state index in [1.54, 1.807) is 6.26 Å². The van der Waals surface area contributed by atoms with Gasteiger partial charge in [-0.25, -0.2) is 0 Å². The summed E-state index contributed by atoms with van der Waals surface area (Å²) in [5.41, 5.74) is 1.42. The maximum Gasteiger partial charge on any atom is 0.120 e. The van der Waals surface area contributed by atoms with Crippen molar-refractivity contribution in [3.63, 3.8) is 0 Å². The lowest BCUT2D eigenvalue weighted by atomic mass is 9.95. The van der Waals surface area contributed by atoms with E-state index in [-0.39, 0.29) is 12.6 Å². The van der Waals surface area contributed by atoms with Crippen LogP contribution in [0.3, 0.4) is 0 Å². The van der Waals surface area contributed by atoms with E-state index >= 15 is 0 Å². The molecule has 2 aliphatic rings. The number of furan rings is 1. The number of fused-ring (bicyclic) bond motifs is 2. The van der Waals surface area contributed by atoms with Gasteiger partial charge >= 0.3 is 0 Å². The fourth-order valence-electron chi connectivity index (χ4n) is 4.67. The highest BCUT2D eigenvalue weighted by Gasteiger charge is 2.41. The van der Waals surface area contributed by atoms with Crippen molar-refractivity contribution in [2.24, 2.45) is 0 Å². The third kappa shape index (κ3) is 3.81. The van der Waals surface area contributed by atoms with Crippen LogP contribution in [0.2, 0.25) is 0 Å². The molecule has 2 aliphatic heterocycles. The van der Waals surface area contributed by atoms with Gasteiger partial charge in [-0.15, -0.1) is 0 Å². The topological polar surface area (TPSA) is 48.6 Å².